The summed E-state index contributed by atoms with van der Waals surface area (Å²) in [4.78, 5) is 19.5. The zero-order valence-corrected chi connectivity index (χ0v) is 14.2. The maximum Gasteiger partial charge on any atom is 0.410 e. The second-order valence-electron chi connectivity index (χ2n) is 6.27. The lowest BCUT2D eigenvalue weighted by atomic mass is 10.1. The Balaban J connectivity index is 1.96. The highest BCUT2D eigenvalue weighted by Crippen LogP contribution is 2.23. The minimum Gasteiger partial charge on any atom is -0.444 e. The molecule has 1 fully saturated rings. The predicted molar refractivity (Wildman–Crippen MR) is 84.5 cm³/mol. The zero-order chi connectivity index (χ0) is 15.5. The molecule has 1 aromatic heterocycles. The number of amides is 1. The standard InChI is InChI=1S/C15H25N3O2S/c1-5-16-13-18(10-11-21-13)12-6-8-17(9-7-12)14(19)20-15(2,3)4/h10-12H,5-9H2,1-4H3/b16-13-. The number of rotatable bonds is 2. The maximum atomic E-state index is 12.1. The first kappa shape index (κ1) is 16.1. The molecule has 0 unspecified atom stereocenters. The van der Waals surface area contributed by atoms with Gasteiger partial charge in [0.25, 0.3) is 0 Å². The number of hydrogen-bond donors (Lipinski definition) is 0. The van der Waals surface area contributed by atoms with Gasteiger partial charge in [0.2, 0.25) is 0 Å². The van der Waals surface area contributed by atoms with Gasteiger partial charge in [-0.3, -0.25) is 4.99 Å². The third-order valence-corrected chi connectivity index (χ3v) is 4.23. The Morgan fingerprint density at radius 1 is 1.43 bits per heavy atom. The van der Waals surface area contributed by atoms with Crippen molar-refractivity contribution in [2.45, 2.75) is 52.2 Å². The Labute approximate surface area is 130 Å². The normalized spacial score (nSPS) is 18.1. The van der Waals surface area contributed by atoms with Crippen LogP contribution in [0.2, 0.25) is 0 Å². The Morgan fingerprint density at radius 2 is 2.10 bits per heavy atom. The van der Waals surface area contributed by atoms with Crippen molar-refractivity contribution in [3.8, 4) is 0 Å². The van der Waals surface area contributed by atoms with E-state index in [0.717, 1.165) is 37.3 Å². The van der Waals surface area contributed by atoms with Gasteiger partial charge in [-0.1, -0.05) is 0 Å². The molecule has 0 aromatic carbocycles. The average molecular weight is 311 g/mol. The largest absolute Gasteiger partial charge is 0.444 e. The minimum atomic E-state index is -0.427. The van der Waals surface area contributed by atoms with Crippen LogP contribution in [0, 0.1) is 0 Å². The summed E-state index contributed by atoms with van der Waals surface area (Å²) in [7, 11) is 0. The number of ether oxygens (including phenoxy) is 1. The van der Waals surface area contributed by atoms with E-state index in [2.05, 4.69) is 28.1 Å². The summed E-state index contributed by atoms with van der Waals surface area (Å²) >= 11 is 1.67. The van der Waals surface area contributed by atoms with Crippen LogP contribution in [0.1, 0.15) is 46.6 Å². The second kappa shape index (κ2) is 6.64. The van der Waals surface area contributed by atoms with Crippen molar-refractivity contribution in [1.29, 1.82) is 0 Å². The molecule has 2 rings (SSSR count). The predicted octanol–water partition coefficient (Wildman–Crippen LogP) is 3.04. The van der Waals surface area contributed by atoms with Crippen LogP contribution < -0.4 is 4.80 Å². The molecule has 118 valence electrons. The first-order valence-electron chi connectivity index (χ1n) is 7.55. The molecule has 2 heterocycles. The van der Waals surface area contributed by atoms with Gasteiger partial charge in [0.05, 0.1) is 0 Å². The van der Waals surface area contributed by atoms with Crippen LogP contribution in [-0.4, -0.2) is 40.8 Å². The maximum absolute atomic E-state index is 12.1. The van der Waals surface area contributed by atoms with Crippen LogP contribution in [0.4, 0.5) is 4.79 Å². The molecule has 0 N–H and O–H groups in total. The molecule has 1 saturated heterocycles. The molecular formula is C15H25N3O2S. The molecule has 1 aliphatic heterocycles. The van der Waals surface area contributed by atoms with Crippen LogP contribution in [-0.2, 0) is 4.74 Å². The van der Waals surface area contributed by atoms with Crippen molar-refractivity contribution in [3.63, 3.8) is 0 Å². The smallest absolute Gasteiger partial charge is 0.410 e. The van der Waals surface area contributed by atoms with E-state index in [1.807, 2.05) is 25.7 Å². The monoisotopic (exact) mass is 311 g/mol. The highest BCUT2D eigenvalue weighted by Gasteiger charge is 2.27. The fraction of sp³-hybridized carbons (Fsp3) is 0.733. The van der Waals surface area contributed by atoms with Crippen LogP contribution >= 0.6 is 11.3 Å². The van der Waals surface area contributed by atoms with Crippen LogP contribution in [0.15, 0.2) is 16.6 Å². The highest BCUT2D eigenvalue weighted by atomic mass is 32.1. The Hall–Kier alpha value is -1.30. The molecule has 0 bridgehead atoms. The van der Waals surface area contributed by atoms with Crippen molar-refractivity contribution in [1.82, 2.24) is 9.47 Å². The lowest BCUT2D eigenvalue weighted by Crippen LogP contribution is -2.42. The van der Waals surface area contributed by atoms with E-state index >= 15 is 0 Å². The molecule has 0 radical (unpaired) electrons. The number of piperidine rings is 1. The summed E-state index contributed by atoms with van der Waals surface area (Å²) in [5, 5.41) is 2.08. The lowest BCUT2D eigenvalue weighted by Gasteiger charge is -2.33. The Kier molecular flexibility index (Phi) is 5.08. The van der Waals surface area contributed by atoms with Gasteiger partial charge in [-0.15, -0.1) is 11.3 Å². The van der Waals surface area contributed by atoms with Gasteiger partial charge in [0.15, 0.2) is 4.80 Å². The van der Waals surface area contributed by atoms with Gasteiger partial charge in [0.1, 0.15) is 5.60 Å². The summed E-state index contributed by atoms with van der Waals surface area (Å²) in [6.07, 6.45) is 3.81. The third-order valence-electron chi connectivity index (χ3n) is 3.42. The number of carbonyl (C=O) groups is 1. The number of nitrogens with zero attached hydrogens (tertiary/aromatic N) is 3. The van der Waals surface area contributed by atoms with Gasteiger partial charge >= 0.3 is 6.09 Å². The van der Waals surface area contributed by atoms with Crippen LogP contribution in [0.25, 0.3) is 0 Å². The number of carbonyl (C=O) groups excluding carboxylic acids is 1. The number of thiazole rings is 1. The van der Waals surface area contributed by atoms with E-state index in [0.29, 0.717) is 6.04 Å². The summed E-state index contributed by atoms with van der Waals surface area (Å²) < 4.78 is 7.68. The quantitative estimate of drug-likeness (QED) is 0.843. The summed E-state index contributed by atoms with van der Waals surface area (Å²) in [5.74, 6) is 0. The van der Waals surface area contributed by atoms with Crippen molar-refractivity contribution in [3.05, 3.63) is 16.4 Å². The molecule has 1 aliphatic rings. The van der Waals surface area contributed by atoms with E-state index in [9.17, 15) is 4.79 Å². The molecule has 1 aromatic rings. The molecule has 0 aliphatic carbocycles. The molecule has 6 heteroatoms. The van der Waals surface area contributed by atoms with Gasteiger partial charge < -0.3 is 14.2 Å². The number of hydrogen-bond acceptors (Lipinski definition) is 4. The fourth-order valence-corrected chi connectivity index (χ4v) is 3.32. The molecule has 0 atom stereocenters. The molecule has 0 spiro atoms. The Bertz CT molecular complexity index is 534. The summed E-state index contributed by atoms with van der Waals surface area (Å²) in [6.45, 7) is 10.0. The zero-order valence-electron chi connectivity index (χ0n) is 13.3. The van der Waals surface area contributed by atoms with Crippen molar-refractivity contribution in [2.75, 3.05) is 19.6 Å². The van der Waals surface area contributed by atoms with Crippen LogP contribution in [0.3, 0.4) is 0 Å². The van der Waals surface area contributed by atoms with Gasteiger partial charge in [0, 0.05) is 37.3 Å². The van der Waals surface area contributed by atoms with Gasteiger partial charge in [-0.25, -0.2) is 4.79 Å². The SMILES string of the molecule is CC/N=c1\sccn1C1CCN(C(=O)OC(C)(C)C)CC1. The van der Waals surface area contributed by atoms with Gasteiger partial charge in [-0.05, 0) is 40.5 Å². The lowest BCUT2D eigenvalue weighted by molar-refractivity contribution is 0.0188. The van der Waals surface area contributed by atoms with Crippen molar-refractivity contribution >= 4 is 17.4 Å². The average Bonchev–Trinajstić information content (AvgIpc) is 2.86. The van der Waals surface area contributed by atoms with E-state index < -0.39 is 5.60 Å². The summed E-state index contributed by atoms with van der Waals surface area (Å²) in [6, 6.07) is 0.431. The molecule has 5 nitrogen and oxygen atoms in total. The third kappa shape index (κ3) is 4.33. The topological polar surface area (TPSA) is 46.8 Å². The first-order chi connectivity index (χ1) is 9.90. The van der Waals surface area contributed by atoms with Gasteiger partial charge in [-0.2, -0.15) is 0 Å². The first-order valence-corrected chi connectivity index (χ1v) is 8.42. The summed E-state index contributed by atoms with van der Waals surface area (Å²) in [5.41, 5.74) is -0.427. The highest BCUT2D eigenvalue weighted by molar-refractivity contribution is 7.07. The Morgan fingerprint density at radius 3 is 2.67 bits per heavy atom. The fourth-order valence-electron chi connectivity index (χ4n) is 2.47. The molecular weight excluding hydrogens is 286 g/mol. The van der Waals surface area contributed by atoms with E-state index in [1.54, 1.807) is 11.3 Å². The second-order valence-corrected chi connectivity index (χ2v) is 7.14. The number of likely N-dealkylation sites (tertiary alicyclic amines) is 1. The van der Waals surface area contributed by atoms with E-state index in [1.165, 1.54) is 0 Å². The van der Waals surface area contributed by atoms with Crippen molar-refractivity contribution in [2.24, 2.45) is 4.99 Å². The minimum absolute atomic E-state index is 0.199. The van der Waals surface area contributed by atoms with Crippen molar-refractivity contribution < 1.29 is 9.53 Å². The number of aromatic nitrogens is 1. The van der Waals surface area contributed by atoms with E-state index in [4.69, 9.17) is 4.74 Å². The molecule has 1 amide bonds. The van der Waals surface area contributed by atoms with Crippen LogP contribution in [0.5, 0.6) is 0 Å². The van der Waals surface area contributed by atoms with E-state index in [-0.39, 0.29) is 6.09 Å². The molecule has 21 heavy (non-hydrogen) atoms. The molecule has 0 saturated carbocycles.